The number of pyridine rings is 1. The molecule has 3 aromatic rings. The number of hydrogen-bond acceptors (Lipinski definition) is 7. The zero-order chi connectivity index (χ0) is 23.5. The molecule has 0 radical (unpaired) electrons. The van der Waals surface area contributed by atoms with E-state index in [9.17, 15) is 4.79 Å². The molecule has 1 fully saturated rings. The maximum atomic E-state index is 13.3. The van der Waals surface area contributed by atoms with Gasteiger partial charge in [-0.15, -0.1) is 0 Å². The van der Waals surface area contributed by atoms with Crippen molar-refractivity contribution in [3.05, 3.63) is 63.7 Å². The van der Waals surface area contributed by atoms with Crippen LogP contribution < -0.4 is 20.5 Å². The molecule has 1 aliphatic heterocycles. The van der Waals surface area contributed by atoms with E-state index in [2.05, 4.69) is 15.2 Å². The number of aromatic nitrogens is 3. The van der Waals surface area contributed by atoms with Crippen molar-refractivity contribution in [3.8, 4) is 17.1 Å². The van der Waals surface area contributed by atoms with Crippen LogP contribution in [0.5, 0.6) is 5.75 Å². The molecule has 1 saturated heterocycles. The molecule has 0 amide bonds. The SMILES string of the molecule is CCO[C@H]1CN(c2ccccn2)CC1Nc1c(C)nc(-c2ccc(OC)cc2Cl)n(C)c1=O. The molecule has 0 spiro atoms. The molecule has 0 saturated carbocycles. The van der Waals surface area contributed by atoms with Crippen molar-refractivity contribution in [2.75, 3.05) is 37.0 Å². The number of methoxy groups -OCH3 is 1. The number of anilines is 2. The van der Waals surface area contributed by atoms with Crippen molar-refractivity contribution in [2.45, 2.75) is 26.0 Å². The molecule has 4 rings (SSSR count). The quantitative estimate of drug-likeness (QED) is 0.567. The third-order valence-corrected chi connectivity index (χ3v) is 6.15. The number of nitrogens with zero attached hydrogens (tertiary/aromatic N) is 4. The van der Waals surface area contributed by atoms with Gasteiger partial charge in [0.05, 0.1) is 30.0 Å². The van der Waals surface area contributed by atoms with E-state index in [1.807, 2.05) is 38.1 Å². The molecule has 8 nitrogen and oxygen atoms in total. The van der Waals surface area contributed by atoms with Crippen LogP contribution in [0.4, 0.5) is 11.5 Å². The van der Waals surface area contributed by atoms with E-state index < -0.39 is 0 Å². The summed E-state index contributed by atoms with van der Waals surface area (Å²) in [6.07, 6.45) is 1.69. The van der Waals surface area contributed by atoms with Gasteiger partial charge in [-0.25, -0.2) is 9.97 Å². The fourth-order valence-corrected chi connectivity index (χ4v) is 4.38. The summed E-state index contributed by atoms with van der Waals surface area (Å²) in [5, 5.41) is 3.89. The lowest BCUT2D eigenvalue weighted by Crippen LogP contribution is -2.38. The molecule has 1 aliphatic rings. The zero-order valence-electron chi connectivity index (χ0n) is 19.2. The standard InChI is InChI=1S/C24H28ClN5O3/c1-5-33-20-14-30(21-8-6-7-11-26-21)13-19(20)28-22-15(2)27-23(29(3)24(22)31)17-10-9-16(32-4)12-18(17)25/h6-12,19-20,28H,5,13-14H2,1-4H3/t19?,20-/m0/s1. The zero-order valence-corrected chi connectivity index (χ0v) is 20.0. The van der Waals surface area contributed by atoms with Crippen molar-refractivity contribution >= 4 is 23.1 Å². The third-order valence-electron chi connectivity index (χ3n) is 5.84. The molecule has 2 atom stereocenters. The molecule has 1 aromatic carbocycles. The first-order valence-corrected chi connectivity index (χ1v) is 11.3. The summed E-state index contributed by atoms with van der Waals surface area (Å²) < 4.78 is 12.7. The average Bonchev–Trinajstić information content (AvgIpc) is 3.22. The summed E-state index contributed by atoms with van der Waals surface area (Å²) in [6.45, 7) is 5.74. The van der Waals surface area contributed by atoms with Crippen molar-refractivity contribution in [3.63, 3.8) is 0 Å². The van der Waals surface area contributed by atoms with Crippen LogP contribution in [-0.4, -0.2) is 53.5 Å². The Morgan fingerprint density at radius 3 is 2.73 bits per heavy atom. The Morgan fingerprint density at radius 2 is 2.06 bits per heavy atom. The van der Waals surface area contributed by atoms with E-state index in [4.69, 9.17) is 26.1 Å². The molecular weight excluding hydrogens is 442 g/mol. The molecule has 33 heavy (non-hydrogen) atoms. The normalized spacial score (nSPS) is 17.9. The summed E-state index contributed by atoms with van der Waals surface area (Å²) in [5.74, 6) is 2.03. The smallest absolute Gasteiger partial charge is 0.277 e. The van der Waals surface area contributed by atoms with Crippen LogP contribution in [0.1, 0.15) is 12.6 Å². The van der Waals surface area contributed by atoms with E-state index in [0.29, 0.717) is 53.2 Å². The molecule has 3 heterocycles. The van der Waals surface area contributed by atoms with Gasteiger partial charge in [-0.2, -0.15) is 0 Å². The van der Waals surface area contributed by atoms with Crippen LogP contribution in [0.25, 0.3) is 11.4 Å². The minimum Gasteiger partial charge on any atom is -0.497 e. The Hall–Kier alpha value is -3.10. The van der Waals surface area contributed by atoms with Crippen LogP contribution in [0.2, 0.25) is 5.02 Å². The minimum atomic E-state index is -0.170. The second-order valence-electron chi connectivity index (χ2n) is 7.94. The highest BCUT2D eigenvalue weighted by Crippen LogP contribution is 2.30. The van der Waals surface area contributed by atoms with E-state index in [-0.39, 0.29) is 17.7 Å². The van der Waals surface area contributed by atoms with Crippen molar-refractivity contribution in [1.82, 2.24) is 14.5 Å². The van der Waals surface area contributed by atoms with Gasteiger partial charge in [0.25, 0.3) is 5.56 Å². The van der Waals surface area contributed by atoms with Crippen LogP contribution in [0.15, 0.2) is 47.4 Å². The maximum absolute atomic E-state index is 13.3. The Morgan fingerprint density at radius 1 is 1.24 bits per heavy atom. The summed E-state index contributed by atoms with van der Waals surface area (Å²) in [4.78, 5) is 24.7. The summed E-state index contributed by atoms with van der Waals surface area (Å²) in [7, 11) is 3.28. The first-order chi connectivity index (χ1) is 15.9. The van der Waals surface area contributed by atoms with Crippen molar-refractivity contribution in [1.29, 1.82) is 0 Å². The molecular formula is C24H28ClN5O3. The number of nitrogens with one attached hydrogen (secondary N) is 1. The lowest BCUT2D eigenvalue weighted by molar-refractivity contribution is 0.0720. The van der Waals surface area contributed by atoms with Gasteiger partial charge in [0.15, 0.2) is 0 Å². The number of aryl methyl sites for hydroxylation is 1. The summed E-state index contributed by atoms with van der Waals surface area (Å²) in [5.41, 5.74) is 1.56. The van der Waals surface area contributed by atoms with E-state index in [1.165, 1.54) is 4.57 Å². The minimum absolute atomic E-state index is 0.0863. The predicted molar refractivity (Wildman–Crippen MR) is 130 cm³/mol. The average molecular weight is 470 g/mol. The molecule has 9 heteroatoms. The lowest BCUT2D eigenvalue weighted by Gasteiger charge is -2.22. The van der Waals surface area contributed by atoms with E-state index >= 15 is 0 Å². The first-order valence-electron chi connectivity index (χ1n) is 10.9. The van der Waals surface area contributed by atoms with Gasteiger partial charge in [-0.3, -0.25) is 9.36 Å². The fraction of sp³-hybridized carbons (Fsp3) is 0.375. The lowest BCUT2D eigenvalue weighted by atomic mass is 10.1. The number of benzene rings is 1. The van der Waals surface area contributed by atoms with Crippen molar-refractivity contribution in [2.24, 2.45) is 7.05 Å². The van der Waals surface area contributed by atoms with Crippen LogP contribution in [0.3, 0.4) is 0 Å². The van der Waals surface area contributed by atoms with Gasteiger partial charge in [-0.1, -0.05) is 17.7 Å². The second-order valence-corrected chi connectivity index (χ2v) is 8.35. The van der Waals surface area contributed by atoms with Gasteiger partial charge in [-0.05, 0) is 44.2 Å². The molecule has 2 aromatic heterocycles. The Bertz CT molecular complexity index is 1180. The number of rotatable bonds is 7. The predicted octanol–water partition coefficient (Wildman–Crippen LogP) is 3.52. The molecule has 174 valence electrons. The monoisotopic (exact) mass is 469 g/mol. The van der Waals surface area contributed by atoms with Gasteiger partial charge < -0.3 is 19.7 Å². The van der Waals surface area contributed by atoms with E-state index in [0.717, 1.165) is 5.82 Å². The number of hydrogen-bond donors (Lipinski definition) is 1. The van der Waals surface area contributed by atoms with Crippen LogP contribution in [0, 0.1) is 6.92 Å². The number of halogens is 1. The largest absolute Gasteiger partial charge is 0.497 e. The van der Waals surface area contributed by atoms with Crippen LogP contribution in [-0.2, 0) is 11.8 Å². The first kappa shape index (κ1) is 23.1. The number of ether oxygens (including phenoxy) is 2. The van der Waals surface area contributed by atoms with E-state index in [1.54, 1.807) is 32.5 Å². The highest BCUT2D eigenvalue weighted by atomic mass is 35.5. The molecule has 1 N–H and O–H groups in total. The topological polar surface area (TPSA) is 81.5 Å². The highest BCUT2D eigenvalue weighted by Gasteiger charge is 2.35. The van der Waals surface area contributed by atoms with Gasteiger partial charge in [0.2, 0.25) is 0 Å². The molecule has 0 bridgehead atoms. The highest BCUT2D eigenvalue weighted by molar-refractivity contribution is 6.33. The fourth-order valence-electron chi connectivity index (χ4n) is 4.13. The second kappa shape index (κ2) is 9.80. The van der Waals surface area contributed by atoms with Crippen LogP contribution >= 0.6 is 11.6 Å². The Balaban J connectivity index is 1.64. The van der Waals surface area contributed by atoms with Gasteiger partial charge in [0.1, 0.15) is 23.1 Å². The Kier molecular flexibility index (Phi) is 6.85. The summed E-state index contributed by atoms with van der Waals surface area (Å²) >= 11 is 6.45. The molecule has 0 aliphatic carbocycles. The third kappa shape index (κ3) is 4.67. The van der Waals surface area contributed by atoms with Gasteiger partial charge >= 0.3 is 0 Å². The Labute approximate surface area is 198 Å². The summed E-state index contributed by atoms with van der Waals surface area (Å²) in [6, 6.07) is 11.1. The maximum Gasteiger partial charge on any atom is 0.277 e. The van der Waals surface area contributed by atoms with Gasteiger partial charge in [0, 0.05) is 38.5 Å². The molecule has 1 unspecified atom stereocenters. The van der Waals surface area contributed by atoms with Crippen molar-refractivity contribution < 1.29 is 9.47 Å².